The first-order chi connectivity index (χ1) is 8.43. The second kappa shape index (κ2) is 5.09. The summed E-state index contributed by atoms with van der Waals surface area (Å²) >= 11 is 0. The van der Waals surface area contributed by atoms with E-state index in [1.807, 2.05) is 0 Å². The van der Waals surface area contributed by atoms with E-state index in [-0.39, 0.29) is 0 Å². The smallest absolute Gasteiger partial charge is 0.122 e. The number of ether oxygens (including phenoxy) is 1. The zero-order valence-corrected chi connectivity index (χ0v) is 10.3. The Balaban J connectivity index is 1.52. The van der Waals surface area contributed by atoms with E-state index in [2.05, 4.69) is 29.6 Å². The molecule has 0 spiro atoms. The highest BCUT2D eigenvalue weighted by Crippen LogP contribution is 2.33. The highest BCUT2D eigenvalue weighted by atomic mass is 16.5. The predicted octanol–water partition coefficient (Wildman–Crippen LogP) is 2.94. The van der Waals surface area contributed by atoms with Crippen LogP contribution in [0, 0.1) is 5.92 Å². The second-order valence-corrected chi connectivity index (χ2v) is 5.31. The quantitative estimate of drug-likeness (QED) is 0.787. The summed E-state index contributed by atoms with van der Waals surface area (Å²) in [5, 5.41) is 3.61. The lowest BCUT2D eigenvalue weighted by Gasteiger charge is -2.26. The van der Waals surface area contributed by atoms with Crippen molar-refractivity contribution in [1.82, 2.24) is 5.32 Å². The van der Waals surface area contributed by atoms with Gasteiger partial charge in [-0.05, 0) is 36.9 Å². The number of rotatable bonds is 5. The van der Waals surface area contributed by atoms with Gasteiger partial charge in [0, 0.05) is 12.5 Å². The van der Waals surface area contributed by atoms with Crippen molar-refractivity contribution in [2.24, 2.45) is 5.92 Å². The summed E-state index contributed by atoms with van der Waals surface area (Å²) in [6.45, 7) is 3.16. The summed E-state index contributed by atoms with van der Waals surface area (Å²) in [6.07, 6.45) is 5.43. The third-order valence-corrected chi connectivity index (χ3v) is 3.90. The van der Waals surface area contributed by atoms with Gasteiger partial charge in [-0.15, -0.1) is 0 Å². The molecule has 3 rings (SSSR count). The van der Waals surface area contributed by atoms with Gasteiger partial charge < -0.3 is 10.1 Å². The Morgan fingerprint density at radius 3 is 2.94 bits per heavy atom. The molecule has 1 N–H and O–H groups in total. The lowest BCUT2D eigenvalue weighted by molar-refractivity contribution is 0.264. The first-order valence-electron chi connectivity index (χ1n) is 6.86. The van der Waals surface area contributed by atoms with E-state index >= 15 is 0 Å². The topological polar surface area (TPSA) is 21.3 Å². The molecule has 0 bridgehead atoms. The van der Waals surface area contributed by atoms with Gasteiger partial charge in [-0.3, -0.25) is 0 Å². The molecule has 0 amide bonds. The average molecular weight is 231 g/mol. The molecule has 1 aliphatic heterocycles. The summed E-state index contributed by atoms with van der Waals surface area (Å²) < 4.78 is 5.68. The van der Waals surface area contributed by atoms with E-state index in [0.29, 0.717) is 5.92 Å². The van der Waals surface area contributed by atoms with Crippen molar-refractivity contribution in [2.45, 2.75) is 31.6 Å². The molecule has 1 atom stereocenters. The lowest BCUT2D eigenvalue weighted by Crippen LogP contribution is -2.26. The molecule has 1 heterocycles. The molecule has 1 aromatic carbocycles. The van der Waals surface area contributed by atoms with Gasteiger partial charge in [-0.2, -0.15) is 0 Å². The fourth-order valence-electron chi connectivity index (χ4n) is 2.62. The van der Waals surface area contributed by atoms with Gasteiger partial charge in [-0.1, -0.05) is 31.0 Å². The molecule has 92 valence electrons. The van der Waals surface area contributed by atoms with E-state index < -0.39 is 0 Å². The van der Waals surface area contributed by atoms with Crippen molar-refractivity contribution in [2.75, 3.05) is 19.7 Å². The van der Waals surface area contributed by atoms with Crippen molar-refractivity contribution in [3.8, 4) is 5.75 Å². The van der Waals surface area contributed by atoms with Crippen LogP contribution in [0.5, 0.6) is 5.75 Å². The van der Waals surface area contributed by atoms with Gasteiger partial charge in [-0.25, -0.2) is 0 Å². The first-order valence-corrected chi connectivity index (χ1v) is 6.86. The molecule has 1 aromatic rings. The zero-order chi connectivity index (χ0) is 11.5. The largest absolute Gasteiger partial charge is 0.493 e. The molecule has 0 radical (unpaired) electrons. The Kier molecular flexibility index (Phi) is 3.32. The van der Waals surface area contributed by atoms with E-state index in [1.54, 1.807) is 0 Å². The van der Waals surface area contributed by atoms with Crippen molar-refractivity contribution in [3.05, 3.63) is 29.8 Å². The Morgan fingerprint density at radius 1 is 1.18 bits per heavy atom. The van der Waals surface area contributed by atoms with Crippen LogP contribution in [0.15, 0.2) is 24.3 Å². The SMILES string of the molecule is c1ccc2c(c1)OCCC2CNCCC1CC1. The van der Waals surface area contributed by atoms with Gasteiger partial charge in [0.05, 0.1) is 6.61 Å². The third kappa shape index (κ3) is 2.81. The Labute approximate surface area is 103 Å². The molecule has 1 saturated carbocycles. The van der Waals surface area contributed by atoms with Crippen LogP contribution in [0.2, 0.25) is 0 Å². The Bertz CT molecular complexity index is 373. The van der Waals surface area contributed by atoms with Gasteiger partial charge in [0.1, 0.15) is 5.75 Å². The highest BCUT2D eigenvalue weighted by molar-refractivity contribution is 5.37. The molecule has 2 nitrogen and oxygen atoms in total. The minimum absolute atomic E-state index is 0.638. The van der Waals surface area contributed by atoms with Crippen molar-refractivity contribution in [3.63, 3.8) is 0 Å². The van der Waals surface area contributed by atoms with Crippen LogP contribution in [0.1, 0.15) is 37.2 Å². The van der Waals surface area contributed by atoms with Crippen molar-refractivity contribution >= 4 is 0 Å². The number of benzene rings is 1. The third-order valence-electron chi connectivity index (χ3n) is 3.90. The number of fused-ring (bicyclic) bond motifs is 1. The van der Waals surface area contributed by atoms with Crippen LogP contribution in [0.25, 0.3) is 0 Å². The normalized spacial score (nSPS) is 22.9. The summed E-state index contributed by atoms with van der Waals surface area (Å²) in [4.78, 5) is 0. The van der Waals surface area contributed by atoms with Gasteiger partial charge >= 0.3 is 0 Å². The number of nitrogens with one attached hydrogen (secondary N) is 1. The van der Waals surface area contributed by atoms with Gasteiger partial charge in [0.2, 0.25) is 0 Å². The van der Waals surface area contributed by atoms with Crippen LogP contribution < -0.4 is 10.1 Å². The van der Waals surface area contributed by atoms with Crippen LogP contribution in [-0.4, -0.2) is 19.7 Å². The molecule has 1 aliphatic carbocycles. The van der Waals surface area contributed by atoms with Crippen LogP contribution in [-0.2, 0) is 0 Å². The highest BCUT2D eigenvalue weighted by Gasteiger charge is 2.22. The number of hydrogen-bond acceptors (Lipinski definition) is 2. The average Bonchev–Trinajstić information content (AvgIpc) is 3.19. The molecule has 1 unspecified atom stereocenters. The van der Waals surface area contributed by atoms with Gasteiger partial charge in [0.25, 0.3) is 0 Å². The van der Waals surface area contributed by atoms with Crippen LogP contribution >= 0.6 is 0 Å². The minimum Gasteiger partial charge on any atom is -0.493 e. The molecule has 0 aromatic heterocycles. The monoisotopic (exact) mass is 231 g/mol. The van der Waals surface area contributed by atoms with E-state index in [1.165, 1.54) is 31.4 Å². The predicted molar refractivity (Wildman–Crippen MR) is 69.5 cm³/mol. The lowest BCUT2D eigenvalue weighted by atomic mass is 9.93. The summed E-state index contributed by atoms with van der Waals surface area (Å²) in [7, 11) is 0. The molecule has 2 heteroatoms. The Hall–Kier alpha value is -1.02. The maximum Gasteiger partial charge on any atom is 0.122 e. The fourth-order valence-corrected chi connectivity index (χ4v) is 2.62. The molecular weight excluding hydrogens is 210 g/mol. The van der Waals surface area contributed by atoms with E-state index in [0.717, 1.165) is 31.2 Å². The summed E-state index contributed by atoms with van der Waals surface area (Å²) in [6, 6.07) is 8.47. The summed E-state index contributed by atoms with van der Waals surface area (Å²) in [5.41, 5.74) is 1.39. The fraction of sp³-hybridized carbons (Fsp3) is 0.600. The maximum absolute atomic E-state index is 5.68. The first kappa shape index (κ1) is 11.1. The summed E-state index contributed by atoms with van der Waals surface area (Å²) in [5.74, 6) is 2.76. The molecule has 0 saturated heterocycles. The number of para-hydroxylation sites is 1. The van der Waals surface area contributed by atoms with Crippen molar-refractivity contribution in [1.29, 1.82) is 0 Å². The minimum atomic E-state index is 0.638. The van der Waals surface area contributed by atoms with Crippen LogP contribution in [0.3, 0.4) is 0 Å². The second-order valence-electron chi connectivity index (χ2n) is 5.31. The van der Waals surface area contributed by atoms with Gasteiger partial charge in [0.15, 0.2) is 0 Å². The van der Waals surface area contributed by atoms with E-state index in [4.69, 9.17) is 4.74 Å². The number of hydrogen-bond donors (Lipinski definition) is 1. The maximum atomic E-state index is 5.68. The molecule has 1 fully saturated rings. The van der Waals surface area contributed by atoms with Crippen LogP contribution in [0.4, 0.5) is 0 Å². The molecule has 17 heavy (non-hydrogen) atoms. The van der Waals surface area contributed by atoms with E-state index in [9.17, 15) is 0 Å². The van der Waals surface area contributed by atoms with Crippen molar-refractivity contribution < 1.29 is 4.74 Å². The Morgan fingerprint density at radius 2 is 2.06 bits per heavy atom. The standard InChI is InChI=1S/C15H21NO/c1-2-4-15-14(3-1)13(8-10-17-15)11-16-9-7-12-5-6-12/h1-4,12-13,16H,5-11H2. The molecular formula is C15H21NO. The molecule has 2 aliphatic rings. The zero-order valence-electron chi connectivity index (χ0n) is 10.3.